The van der Waals surface area contributed by atoms with Gasteiger partial charge in [-0.25, -0.2) is 0 Å². The molecule has 6 heteroatoms. The fraction of sp³-hybridized carbons (Fsp3) is 0.235. The first-order chi connectivity index (χ1) is 11.1. The van der Waals surface area contributed by atoms with Gasteiger partial charge in [0.25, 0.3) is 0 Å². The lowest BCUT2D eigenvalue weighted by Gasteiger charge is -2.10. The molecule has 0 saturated heterocycles. The first-order valence-electron chi connectivity index (χ1n) is 7.13. The second-order valence-electron chi connectivity index (χ2n) is 5.01. The van der Waals surface area contributed by atoms with E-state index in [1.165, 1.54) is 7.11 Å². The van der Waals surface area contributed by atoms with E-state index in [-0.39, 0.29) is 12.5 Å². The molecular weight excluding hydrogens is 312 g/mol. The molecule has 2 rings (SSSR count). The molecule has 0 unspecified atom stereocenters. The van der Waals surface area contributed by atoms with Crippen LogP contribution < -0.4 is 10.6 Å². The van der Waals surface area contributed by atoms with Crippen molar-refractivity contribution in [3.05, 3.63) is 54.1 Å². The summed E-state index contributed by atoms with van der Waals surface area (Å²) in [5.74, 6) is -0.187. The third kappa shape index (κ3) is 5.50. The topological polar surface area (TPSA) is 67.4 Å². The van der Waals surface area contributed by atoms with Crippen LogP contribution in [0, 0.1) is 0 Å². The number of nitrogens with one attached hydrogen (secondary N) is 2. The summed E-state index contributed by atoms with van der Waals surface area (Å²) in [7, 11) is 0.524. The monoisotopic (exact) mass is 332 g/mol. The predicted octanol–water partition coefficient (Wildman–Crippen LogP) is 2.62. The zero-order valence-corrected chi connectivity index (χ0v) is 14.0. The summed E-state index contributed by atoms with van der Waals surface area (Å²) in [5, 5.41) is 6.06. The molecule has 0 aliphatic heterocycles. The Balaban J connectivity index is 1.95. The Kier molecular flexibility index (Phi) is 6.31. The highest BCUT2D eigenvalue weighted by Crippen LogP contribution is 2.16. The molecule has 0 aromatic heterocycles. The van der Waals surface area contributed by atoms with Crippen molar-refractivity contribution in [3.8, 4) is 0 Å². The van der Waals surface area contributed by atoms with Crippen LogP contribution in [0.1, 0.15) is 5.56 Å². The Bertz CT molecular complexity index is 686. The van der Waals surface area contributed by atoms with Gasteiger partial charge in [0.1, 0.15) is 6.61 Å². The number of anilines is 2. The van der Waals surface area contributed by atoms with Crippen LogP contribution in [0.25, 0.3) is 0 Å². The summed E-state index contributed by atoms with van der Waals surface area (Å²) >= 11 is 0. The Labute approximate surface area is 138 Å². The van der Waals surface area contributed by atoms with Crippen LogP contribution in [0.3, 0.4) is 0 Å². The third-order valence-corrected chi connectivity index (χ3v) is 4.11. The van der Waals surface area contributed by atoms with Crippen molar-refractivity contribution in [3.63, 3.8) is 0 Å². The average Bonchev–Trinajstić information content (AvgIpc) is 2.54. The molecule has 122 valence electrons. The molecule has 0 aliphatic rings. The molecule has 23 heavy (non-hydrogen) atoms. The van der Waals surface area contributed by atoms with Gasteiger partial charge in [-0.05, 0) is 35.9 Å². The van der Waals surface area contributed by atoms with Gasteiger partial charge >= 0.3 is 0 Å². The van der Waals surface area contributed by atoms with Gasteiger partial charge in [0.2, 0.25) is 5.91 Å². The molecule has 0 radical (unpaired) electrons. The quantitative estimate of drug-likeness (QED) is 0.818. The molecule has 0 aliphatic carbocycles. The van der Waals surface area contributed by atoms with Crippen molar-refractivity contribution in [2.75, 3.05) is 30.6 Å². The van der Waals surface area contributed by atoms with Gasteiger partial charge in [0, 0.05) is 47.0 Å². The van der Waals surface area contributed by atoms with E-state index in [9.17, 15) is 9.00 Å². The summed E-state index contributed by atoms with van der Waals surface area (Å²) in [5.41, 5.74) is 2.71. The second-order valence-corrected chi connectivity index (χ2v) is 6.39. The molecule has 2 aromatic carbocycles. The maximum Gasteiger partial charge on any atom is 0.250 e. The number of carbonyl (C=O) groups excluding carboxylic acids is 1. The van der Waals surface area contributed by atoms with Gasteiger partial charge in [-0.1, -0.05) is 18.2 Å². The van der Waals surface area contributed by atoms with E-state index < -0.39 is 10.8 Å². The zero-order valence-electron chi connectivity index (χ0n) is 13.2. The molecule has 5 nitrogen and oxygen atoms in total. The maximum absolute atomic E-state index is 11.5. The Morgan fingerprint density at radius 2 is 1.83 bits per heavy atom. The molecule has 1 amide bonds. The molecule has 0 saturated carbocycles. The molecular formula is C17H20N2O3S. The minimum Gasteiger partial charge on any atom is -0.381 e. The van der Waals surface area contributed by atoms with Gasteiger partial charge in [-0.2, -0.15) is 0 Å². The Morgan fingerprint density at radius 1 is 1.13 bits per heavy atom. The Morgan fingerprint density at radius 3 is 2.48 bits per heavy atom. The molecule has 0 bridgehead atoms. The van der Waals surface area contributed by atoms with Crippen LogP contribution in [-0.2, 0) is 26.9 Å². The smallest absolute Gasteiger partial charge is 0.250 e. The fourth-order valence-corrected chi connectivity index (χ4v) is 2.56. The molecule has 0 heterocycles. The SMILES string of the molecule is COCC(=O)Nc1cccc(NCc2ccc([S@@](C)=O)cc2)c1. The number of carbonyl (C=O) groups is 1. The number of hydrogen-bond donors (Lipinski definition) is 2. The number of hydrogen-bond acceptors (Lipinski definition) is 4. The third-order valence-electron chi connectivity index (χ3n) is 3.17. The molecule has 2 N–H and O–H groups in total. The maximum atomic E-state index is 11.5. The molecule has 0 spiro atoms. The normalized spacial score (nSPS) is 11.7. The largest absolute Gasteiger partial charge is 0.381 e. The van der Waals surface area contributed by atoms with E-state index in [1.54, 1.807) is 6.26 Å². The lowest BCUT2D eigenvalue weighted by molar-refractivity contribution is -0.119. The van der Waals surface area contributed by atoms with Crippen LogP contribution in [0.5, 0.6) is 0 Å². The second kappa shape index (κ2) is 8.45. The predicted molar refractivity (Wildman–Crippen MR) is 93.0 cm³/mol. The van der Waals surface area contributed by atoms with E-state index in [0.717, 1.165) is 16.1 Å². The summed E-state index contributed by atoms with van der Waals surface area (Å²) in [4.78, 5) is 12.3. The summed E-state index contributed by atoms with van der Waals surface area (Å²) in [6, 6.07) is 15.1. The summed E-state index contributed by atoms with van der Waals surface area (Å²) in [6.07, 6.45) is 1.66. The van der Waals surface area contributed by atoms with Crippen molar-refractivity contribution >= 4 is 28.1 Å². The van der Waals surface area contributed by atoms with Crippen molar-refractivity contribution in [2.24, 2.45) is 0 Å². The minimum absolute atomic E-state index is 0.0306. The van der Waals surface area contributed by atoms with Crippen LogP contribution in [0.4, 0.5) is 11.4 Å². The summed E-state index contributed by atoms with van der Waals surface area (Å²) < 4.78 is 16.1. The van der Waals surface area contributed by atoms with Crippen molar-refractivity contribution in [2.45, 2.75) is 11.4 Å². The van der Waals surface area contributed by atoms with Crippen molar-refractivity contribution in [1.82, 2.24) is 0 Å². The highest BCUT2D eigenvalue weighted by molar-refractivity contribution is 7.84. The first kappa shape index (κ1) is 17.2. The number of amides is 1. The lowest BCUT2D eigenvalue weighted by Crippen LogP contribution is -2.17. The highest BCUT2D eigenvalue weighted by Gasteiger charge is 2.02. The lowest BCUT2D eigenvalue weighted by atomic mass is 10.2. The van der Waals surface area contributed by atoms with E-state index in [4.69, 9.17) is 4.74 Å². The van der Waals surface area contributed by atoms with Gasteiger partial charge in [0.15, 0.2) is 0 Å². The van der Waals surface area contributed by atoms with Gasteiger partial charge in [0.05, 0.1) is 0 Å². The highest BCUT2D eigenvalue weighted by atomic mass is 32.2. The van der Waals surface area contributed by atoms with E-state index in [1.807, 2.05) is 48.5 Å². The van der Waals surface area contributed by atoms with Gasteiger partial charge < -0.3 is 15.4 Å². The van der Waals surface area contributed by atoms with Gasteiger partial charge in [-0.3, -0.25) is 9.00 Å². The van der Waals surface area contributed by atoms with Crippen LogP contribution in [0.15, 0.2) is 53.4 Å². The average molecular weight is 332 g/mol. The molecule has 0 fully saturated rings. The number of rotatable bonds is 7. The summed E-state index contributed by atoms with van der Waals surface area (Å²) in [6.45, 7) is 0.676. The zero-order chi connectivity index (χ0) is 16.7. The Hall–Kier alpha value is -2.18. The number of methoxy groups -OCH3 is 1. The molecule has 2 aromatic rings. The van der Waals surface area contributed by atoms with E-state index in [0.29, 0.717) is 12.2 Å². The van der Waals surface area contributed by atoms with Gasteiger partial charge in [-0.15, -0.1) is 0 Å². The minimum atomic E-state index is -0.959. The first-order valence-corrected chi connectivity index (χ1v) is 8.69. The number of ether oxygens (including phenoxy) is 1. The van der Waals surface area contributed by atoms with Crippen molar-refractivity contribution in [1.29, 1.82) is 0 Å². The number of benzene rings is 2. The molecule has 1 atom stereocenters. The van der Waals surface area contributed by atoms with Crippen LogP contribution in [0.2, 0.25) is 0 Å². The van der Waals surface area contributed by atoms with Crippen LogP contribution in [-0.4, -0.2) is 30.1 Å². The standard InChI is InChI=1S/C17H20N2O3S/c1-22-12-17(20)19-15-5-3-4-14(10-15)18-11-13-6-8-16(9-7-13)23(2)21/h3-10,18H,11-12H2,1-2H3,(H,19,20)/t23-/m1/s1. The van der Waals surface area contributed by atoms with Crippen molar-refractivity contribution < 1.29 is 13.7 Å². The van der Waals surface area contributed by atoms with E-state index >= 15 is 0 Å². The fourth-order valence-electron chi connectivity index (χ4n) is 2.04. The van der Waals surface area contributed by atoms with E-state index in [2.05, 4.69) is 10.6 Å². The van der Waals surface area contributed by atoms with Crippen LogP contribution >= 0.6 is 0 Å².